The average molecular weight is 411 g/mol. The van der Waals surface area contributed by atoms with Crippen molar-refractivity contribution in [2.24, 2.45) is 0 Å². The van der Waals surface area contributed by atoms with Crippen molar-refractivity contribution in [3.05, 3.63) is 73.2 Å². The molecule has 5 nitrogen and oxygen atoms in total. The fraction of sp³-hybridized carbons (Fsp3) is 0.0909. The highest BCUT2D eigenvalue weighted by Gasteiger charge is 2.31. The second-order valence-electron chi connectivity index (χ2n) is 6.40. The lowest BCUT2D eigenvalue weighted by Gasteiger charge is -2.14. The maximum Gasteiger partial charge on any atom is 0.573 e. The van der Waals surface area contributed by atoms with Crippen LogP contribution in [0.5, 0.6) is 11.5 Å². The summed E-state index contributed by atoms with van der Waals surface area (Å²) in [6.07, 6.45) is 0.236. The van der Waals surface area contributed by atoms with Crippen molar-refractivity contribution in [2.45, 2.75) is 6.36 Å². The molecule has 0 fully saturated rings. The van der Waals surface area contributed by atoms with Crippen LogP contribution in [0.2, 0.25) is 0 Å². The molecule has 0 atom stereocenters. The normalized spacial score (nSPS) is 11.3. The van der Waals surface area contributed by atoms with Crippen LogP contribution in [0.1, 0.15) is 0 Å². The largest absolute Gasteiger partial charge is 0.573 e. The van der Waals surface area contributed by atoms with E-state index in [1.165, 1.54) is 18.2 Å². The van der Waals surface area contributed by atoms with Crippen molar-refractivity contribution in [3.63, 3.8) is 0 Å². The number of halogens is 3. The van der Waals surface area contributed by atoms with E-state index in [0.29, 0.717) is 28.0 Å². The first-order valence-electron chi connectivity index (χ1n) is 8.92. The maximum atomic E-state index is 12.6. The van der Waals surface area contributed by atoms with E-state index in [1.54, 1.807) is 37.8 Å². The van der Waals surface area contributed by atoms with Crippen LogP contribution in [0.4, 0.5) is 24.5 Å². The van der Waals surface area contributed by atoms with Gasteiger partial charge in [0.1, 0.15) is 11.5 Å². The van der Waals surface area contributed by atoms with Gasteiger partial charge in [-0.05, 0) is 48.0 Å². The minimum absolute atomic E-state index is 0.312. The molecule has 0 bridgehead atoms. The van der Waals surface area contributed by atoms with Gasteiger partial charge in [-0.3, -0.25) is 9.97 Å². The summed E-state index contributed by atoms with van der Waals surface area (Å²) in [5, 5.41) is 3.74. The molecule has 30 heavy (non-hydrogen) atoms. The summed E-state index contributed by atoms with van der Waals surface area (Å²) in [5.41, 5.74) is 3.59. The molecule has 0 spiro atoms. The van der Waals surface area contributed by atoms with E-state index in [1.807, 2.05) is 24.3 Å². The van der Waals surface area contributed by atoms with Crippen molar-refractivity contribution < 1.29 is 22.6 Å². The third-order valence-electron chi connectivity index (χ3n) is 4.36. The van der Waals surface area contributed by atoms with E-state index in [0.717, 1.165) is 11.1 Å². The molecule has 0 aliphatic rings. The average Bonchev–Trinajstić information content (AvgIpc) is 2.73. The molecule has 0 amide bonds. The molecule has 2 heterocycles. The van der Waals surface area contributed by atoms with Gasteiger partial charge in [-0.25, -0.2) is 0 Å². The second-order valence-corrected chi connectivity index (χ2v) is 6.40. The Labute approximate surface area is 170 Å². The number of pyridine rings is 2. The Balaban J connectivity index is 1.74. The van der Waals surface area contributed by atoms with E-state index >= 15 is 0 Å². The molecule has 152 valence electrons. The van der Waals surface area contributed by atoms with Gasteiger partial charge in [0.2, 0.25) is 0 Å². The Hall–Kier alpha value is -3.81. The molecule has 4 rings (SSSR count). The third kappa shape index (κ3) is 4.43. The predicted molar refractivity (Wildman–Crippen MR) is 108 cm³/mol. The molecule has 0 unspecified atom stereocenters. The number of hydrogen-bond acceptors (Lipinski definition) is 5. The Morgan fingerprint density at radius 1 is 0.900 bits per heavy atom. The number of rotatable bonds is 5. The van der Waals surface area contributed by atoms with Gasteiger partial charge in [-0.15, -0.1) is 13.2 Å². The molecular weight excluding hydrogens is 395 g/mol. The van der Waals surface area contributed by atoms with E-state index < -0.39 is 6.36 Å². The Kier molecular flexibility index (Phi) is 5.14. The smallest absolute Gasteiger partial charge is 0.497 e. The monoisotopic (exact) mass is 411 g/mol. The fourth-order valence-electron chi connectivity index (χ4n) is 3.08. The number of anilines is 2. The molecule has 0 saturated carbocycles. The molecule has 2 aromatic carbocycles. The van der Waals surface area contributed by atoms with E-state index in [9.17, 15) is 13.2 Å². The second kappa shape index (κ2) is 7.90. The Morgan fingerprint density at radius 2 is 1.77 bits per heavy atom. The minimum Gasteiger partial charge on any atom is -0.497 e. The molecule has 4 aromatic rings. The fourth-order valence-corrected chi connectivity index (χ4v) is 3.08. The minimum atomic E-state index is -4.77. The highest BCUT2D eigenvalue weighted by Crippen LogP contribution is 2.33. The van der Waals surface area contributed by atoms with Gasteiger partial charge in [0.25, 0.3) is 0 Å². The van der Waals surface area contributed by atoms with Crippen LogP contribution in [0.25, 0.3) is 22.0 Å². The van der Waals surface area contributed by atoms with Gasteiger partial charge in [0.15, 0.2) is 0 Å². The van der Waals surface area contributed by atoms with Crippen molar-refractivity contribution >= 4 is 22.3 Å². The number of nitrogens with zero attached hydrogens (tertiary/aromatic N) is 2. The molecule has 2 aromatic heterocycles. The van der Waals surface area contributed by atoms with E-state index in [4.69, 9.17) is 4.74 Å². The summed E-state index contributed by atoms with van der Waals surface area (Å²) in [6, 6.07) is 15.0. The lowest BCUT2D eigenvalue weighted by molar-refractivity contribution is -0.274. The first kappa shape index (κ1) is 19.5. The standard InChI is InChI=1S/C22H16F3N3O2/c1-29-18-10-15(14-3-2-7-26-13-14)9-16(11-18)28-21-6-8-27-20-5-4-17(12-19(20)21)30-22(23,24)25/h2-13H,1H3,(H,27,28). The van der Waals surface area contributed by atoms with Gasteiger partial charge in [-0.2, -0.15) is 0 Å². The summed E-state index contributed by atoms with van der Waals surface area (Å²) >= 11 is 0. The first-order chi connectivity index (χ1) is 14.4. The van der Waals surface area contributed by atoms with Gasteiger partial charge in [-0.1, -0.05) is 6.07 Å². The van der Waals surface area contributed by atoms with Gasteiger partial charge >= 0.3 is 6.36 Å². The van der Waals surface area contributed by atoms with Crippen LogP contribution in [0.3, 0.4) is 0 Å². The third-order valence-corrected chi connectivity index (χ3v) is 4.36. The number of methoxy groups -OCH3 is 1. The number of fused-ring (bicyclic) bond motifs is 1. The highest BCUT2D eigenvalue weighted by atomic mass is 19.4. The summed E-state index contributed by atoms with van der Waals surface area (Å²) in [6.45, 7) is 0. The van der Waals surface area contributed by atoms with Crippen molar-refractivity contribution in [1.29, 1.82) is 0 Å². The number of hydrogen-bond donors (Lipinski definition) is 1. The summed E-state index contributed by atoms with van der Waals surface area (Å²) in [5.74, 6) is 0.311. The van der Waals surface area contributed by atoms with Crippen molar-refractivity contribution in [2.75, 3.05) is 12.4 Å². The number of alkyl halides is 3. The molecule has 1 N–H and O–H groups in total. The molecule has 8 heteroatoms. The quantitative estimate of drug-likeness (QED) is 0.440. The van der Waals surface area contributed by atoms with Crippen molar-refractivity contribution in [1.82, 2.24) is 9.97 Å². The lowest BCUT2D eigenvalue weighted by Crippen LogP contribution is -2.17. The van der Waals surface area contributed by atoms with E-state index in [-0.39, 0.29) is 5.75 Å². The molecule has 0 radical (unpaired) electrons. The zero-order valence-corrected chi connectivity index (χ0v) is 15.8. The van der Waals surface area contributed by atoms with Crippen molar-refractivity contribution in [3.8, 4) is 22.6 Å². The van der Waals surface area contributed by atoms with Gasteiger partial charge in [0, 0.05) is 47.0 Å². The SMILES string of the molecule is COc1cc(Nc2ccnc3ccc(OC(F)(F)F)cc23)cc(-c2cccnc2)c1. The van der Waals surface area contributed by atoms with E-state index in [2.05, 4.69) is 20.0 Å². The zero-order valence-electron chi connectivity index (χ0n) is 15.8. The highest BCUT2D eigenvalue weighted by molar-refractivity contribution is 5.94. The zero-order chi connectivity index (χ0) is 21.1. The number of ether oxygens (including phenoxy) is 2. The van der Waals surface area contributed by atoms with Crippen LogP contribution < -0.4 is 14.8 Å². The summed E-state index contributed by atoms with van der Waals surface area (Å²) < 4.78 is 47.3. The van der Waals surface area contributed by atoms with Crippen LogP contribution >= 0.6 is 0 Å². The number of nitrogens with one attached hydrogen (secondary N) is 1. The molecule has 0 aliphatic heterocycles. The Bertz CT molecular complexity index is 1180. The predicted octanol–water partition coefficient (Wildman–Crippen LogP) is 5.95. The molecular formula is C22H16F3N3O2. The molecule has 0 aliphatic carbocycles. The van der Waals surface area contributed by atoms with Gasteiger partial charge < -0.3 is 14.8 Å². The van der Waals surface area contributed by atoms with Gasteiger partial charge in [0.05, 0.1) is 12.6 Å². The van der Waals surface area contributed by atoms with Crippen LogP contribution in [-0.2, 0) is 0 Å². The topological polar surface area (TPSA) is 56.3 Å². The van der Waals surface area contributed by atoms with Crippen LogP contribution in [0, 0.1) is 0 Å². The molecule has 0 saturated heterocycles. The number of aromatic nitrogens is 2. The van der Waals surface area contributed by atoms with Crippen LogP contribution in [0.15, 0.2) is 73.2 Å². The number of benzene rings is 2. The first-order valence-corrected chi connectivity index (χ1v) is 8.92. The summed E-state index contributed by atoms with van der Waals surface area (Å²) in [7, 11) is 1.56. The lowest BCUT2D eigenvalue weighted by atomic mass is 10.1. The maximum absolute atomic E-state index is 12.6. The Morgan fingerprint density at radius 3 is 2.50 bits per heavy atom. The summed E-state index contributed by atoms with van der Waals surface area (Å²) in [4.78, 5) is 8.34. The van der Waals surface area contributed by atoms with Crippen LogP contribution in [-0.4, -0.2) is 23.4 Å².